The lowest BCUT2D eigenvalue weighted by Crippen LogP contribution is -2.59. The molecule has 0 aliphatic carbocycles. The van der Waals surface area contributed by atoms with Crippen molar-refractivity contribution in [2.24, 2.45) is 23.7 Å². The smallest absolute Gasteiger partial charge is 0.245 e. The molecule has 1 saturated heterocycles. The van der Waals surface area contributed by atoms with Gasteiger partial charge in [-0.05, 0) is 50.3 Å². The molecule has 9 atom stereocenters. The number of nitrogens with one attached hydrogen (secondary N) is 2. The molecule has 0 radical (unpaired) electrons. The van der Waals surface area contributed by atoms with E-state index in [0.717, 1.165) is 12.0 Å². The Morgan fingerprint density at radius 3 is 2.08 bits per heavy atom. The Hall–Kier alpha value is -3.06. The first-order chi connectivity index (χ1) is 24.0. The van der Waals surface area contributed by atoms with Crippen LogP contribution in [0.1, 0.15) is 73.3 Å². The summed E-state index contributed by atoms with van der Waals surface area (Å²) in [5, 5.41) is 16.8. The van der Waals surface area contributed by atoms with E-state index in [9.17, 15) is 24.3 Å². The second-order valence-corrected chi connectivity index (χ2v) is 15.2. The predicted molar refractivity (Wildman–Crippen MR) is 200 cm³/mol. The average Bonchev–Trinajstić information content (AvgIpc) is 3.47. The third kappa shape index (κ3) is 12.0. The molecule has 1 aliphatic heterocycles. The number of β-amino-alcohol motifs (C(OH)–C–C–N with tert-alkyl or cyclic N) is 1. The highest BCUT2D eigenvalue weighted by Crippen LogP contribution is 2.30. The maximum atomic E-state index is 14.2. The van der Waals surface area contributed by atoms with Crippen LogP contribution in [0.4, 0.5) is 0 Å². The van der Waals surface area contributed by atoms with Gasteiger partial charge in [-0.15, -0.1) is 0 Å². The third-order valence-electron chi connectivity index (χ3n) is 10.5. The van der Waals surface area contributed by atoms with Gasteiger partial charge in [0.1, 0.15) is 6.04 Å². The number of amides is 4. The Bertz CT molecular complexity index is 1240. The van der Waals surface area contributed by atoms with Crippen molar-refractivity contribution in [2.75, 3.05) is 48.5 Å². The lowest BCUT2D eigenvalue weighted by Gasteiger charge is -2.41. The highest BCUT2D eigenvalue weighted by atomic mass is 16.5. The molecule has 0 bridgehead atoms. The maximum Gasteiger partial charge on any atom is 0.245 e. The molecule has 1 aliphatic rings. The van der Waals surface area contributed by atoms with E-state index in [4.69, 9.17) is 9.47 Å². The summed E-state index contributed by atoms with van der Waals surface area (Å²) < 4.78 is 11.8. The highest BCUT2D eigenvalue weighted by molar-refractivity contribution is 5.90. The minimum Gasteiger partial charge on any atom is -0.391 e. The van der Waals surface area contributed by atoms with Crippen molar-refractivity contribution >= 4 is 23.6 Å². The van der Waals surface area contributed by atoms with Gasteiger partial charge in [-0.3, -0.25) is 24.1 Å². The van der Waals surface area contributed by atoms with Crippen LogP contribution in [0.3, 0.4) is 0 Å². The van der Waals surface area contributed by atoms with E-state index in [1.165, 1.54) is 14.2 Å². The number of likely N-dealkylation sites (tertiary alicyclic amines) is 1. The SMILES string of the molecule is CC[C@H](C)[C@@H]([C@H](CC(=O)N1C[C@H](O)C[C@@H]1[C@H](OC)[C@@H](C)C(=O)NCCc1ccccc1)OC)N(C)C(=O)[C@@H](NC(=O)[C@H](C(C)C)N(C)C)C(C)C. The molecule has 0 aromatic heterocycles. The molecule has 0 spiro atoms. The number of carbonyl (C=O) groups is 4. The zero-order valence-electron chi connectivity index (χ0n) is 33.2. The van der Waals surface area contributed by atoms with Crippen LogP contribution >= 0.6 is 0 Å². The fourth-order valence-electron chi connectivity index (χ4n) is 7.54. The topological polar surface area (TPSA) is 141 Å². The van der Waals surface area contributed by atoms with Crippen LogP contribution in [0.15, 0.2) is 30.3 Å². The van der Waals surface area contributed by atoms with Crippen LogP contribution in [0.2, 0.25) is 0 Å². The molecule has 1 aromatic carbocycles. The minimum atomic E-state index is -0.774. The second kappa shape index (κ2) is 20.8. The Morgan fingerprint density at radius 2 is 1.57 bits per heavy atom. The second-order valence-electron chi connectivity index (χ2n) is 15.2. The van der Waals surface area contributed by atoms with Crippen LogP contribution in [0.5, 0.6) is 0 Å². The number of hydrogen-bond donors (Lipinski definition) is 3. The lowest BCUT2D eigenvalue weighted by molar-refractivity contribution is -0.148. The zero-order chi connectivity index (χ0) is 38.6. The van der Waals surface area contributed by atoms with Gasteiger partial charge in [-0.25, -0.2) is 0 Å². The molecule has 0 saturated carbocycles. The van der Waals surface area contributed by atoms with Crippen LogP contribution in [-0.4, -0.2) is 134 Å². The van der Waals surface area contributed by atoms with Crippen molar-refractivity contribution in [1.29, 1.82) is 0 Å². The molecule has 4 amide bonds. The van der Waals surface area contributed by atoms with Crippen molar-refractivity contribution in [3.63, 3.8) is 0 Å². The maximum absolute atomic E-state index is 14.2. The van der Waals surface area contributed by atoms with E-state index in [2.05, 4.69) is 10.6 Å². The van der Waals surface area contributed by atoms with Crippen molar-refractivity contribution < 1.29 is 33.8 Å². The van der Waals surface area contributed by atoms with Crippen LogP contribution in [0.25, 0.3) is 0 Å². The Kier molecular flexibility index (Phi) is 18.0. The number of hydrogen-bond acceptors (Lipinski definition) is 8. The van der Waals surface area contributed by atoms with Crippen LogP contribution in [-0.2, 0) is 35.1 Å². The van der Waals surface area contributed by atoms with Crippen LogP contribution in [0, 0.1) is 23.7 Å². The molecule has 0 unspecified atom stereocenters. The van der Waals surface area contributed by atoms with E-state index >= 15 is 0 Å². The Morgan fingerprint density at radius 1 is 0.941 bits per heavy atom. The standard InChI is InChI=1S/C39H67N5O7/c1-13-26(6)35(43(10)39(49)33(24(2)3)41-38(48)34(25(4)5)42(8)9)31(50-11)22-32(46)44-23-29(45)21-30(44)36(51-12)27(7)37(47)40-20-19-28-17-15-14-16-18-28/h14-18,24-27,29-31,33-36,45H,13,19-23H2,1-12H3,(H,40,47)(H,41,48)/t26-,27+,29+,30+,31-,33-,34-,35-,36+/m0/s1. The molecule has 51 heavy (non-hydrogen) atoms. The first-order valence-corrected chi connectivity index (χ1v) is 18.6. The zero-order valence-corrected chi connectivity index (χ0v) is 33.2. The summed E-state index contributed by atoms with van der Waals surface area (Å²) in [5.41, 5.74) is 1.12. The molecule has 3 N–H and O–H groups in total. The number of methoxy groups -OCH3 is 2. The first kappa shape index (κ1) is 44.1. The van der Waals surface area contributed by atoms with E-state index in [-0.39, 0.29) is 60.8 Å². The molecule has 1 aromatic rings. The molecular weight excluding hydrogens is 650 g/mol. The number of ether oxygens (including phenoxy) is 2. The lowest BCUT2D eigenvalue weighted by atomic mass is 9.89. The number of likely N-dealkylation sites (N-methyl/N-ethyl adjacent to an activating group) is 2. The van der Waals surface area contributed by atoms with Gasteiger partial charge in [-0.1, -0.05) is 85.2 Å². The summed E-state index contributed by atoms with van der Waals surface area (Å²) in [4.78, 5) is 60.0. The first-order valence-electron chi connectivity index (χ1n) is 18.6. The summed E-state index contributed by atoms with van der Waals surface area (Å²) in [5.74, 6) is -1.67. The summed E-state index contributed by atoms with van der Waals surface area (Å²) in [6.45, 7) is 14.2. The largest absolute Gasteiger partial charge is 0.391 e. The number of carbonyl (C=O) groups excluding carboxylic acids is 4. The number of aliphatic hydroxyl groups excluding tert-OH is 1. The summed E-state index contributed by atoms with van der Waals surface area (Å²) >= 11 is 0. The molecule has 290 valence electrons. The Labute approximate surface area is 307 Å². The highest BCUT2D eigenvalue weighted by Gasteiger charge is 2.45. The fourth-order valence-corrected chi connectivity index (χ4v) is 7.54. The number of benzene rings is 1. The fraction of sp³-hybridized carbons (Fsp3) is 0.744. The van der Waals surface area contributed by atoms with Crippen molar-refractivity contribution in [2.45, 2.75) is 117 Å². The molecule has 12 nitrogen and oxygen atoms in total. The number of aliphatic hydroxyl groups is 1. The van der Waals surface area contributed by atoms with Gasteiger partial charge in [0.05, 0.1) is 48.8 Å². The van der Waals surface area contributed by atoms with Gasteiger partial charge < -0.3 is 35.0 Å². The van der Waals surface area contributed by atoms with Gasteiger partial charge >= 0.3 is 0 Å². The van der Waals surface area contributed by atoms with Gasteiger partial charge in [0, 0.05) is 34.4 Å². The minimum absolute atomic E-state index is 0.0417. The molecule has 2 rings (SSSR count). The third-order valence-corrected chi connectivity index (χ3v) is 10.5. The van der Waals surface area contributed by atoms with Gasteiger partial charge in [0.15, 0.2) is 0 Å². The monoisotopic (exact) mass is 718 g/mol. The summed E-state index contributed by atoms with van der Waals surface area (Å²) in [6, 6.07) is 7.71. The normalized spacial score (nSPS) is 20.4. The van der Waals surface area contributed by atoms with E-state index in [1.807, 2.05) is 90.9 Å². The number of nitrogens with zero attached hydrogens (tertiary/aromatic N) is 3. The van der Waals surface area contributed by atoms with Gasteiger partial charge in [0.25, 0.3) is 0 Å². The quantitative estimate of drug-likeness (QED) is 0.187. The van der Waals surface area contributed by atoms with Crippen LogP contribution < -0.4 is 10.6 Å². The summed E-state index contributed by atoms with van der Waals surface area (Å²) in [7, 11) is 8.47. The predicted octanol–water partition coefficient (Wildman–Crippen LogP) is 2.96. The molecule has 1 heterocycles. The molecule has 12 heteroatoms. The van der Waals surface area contributed by atoms with Gasteiger partial charge in [0.2, 0.25) is 23.6 Å². The summed E-state index contributed by atoms with van der Waals surface area (Å²) in [6.07, 6.45) is -0.452. The Balaban J connectivity index is 2.25. The van der Waals surface area contributed by atoms with Crippen molar-refractivity contribution in [3.05, 3.63) is 35.9 Å². The number of rotatable bonds is 20. The van der Waals surface area contributed by atoms with Gasteiger partial charge in [-0.2, -0.15) is 0 Å². The van der Waals surface area contributed by atoms with E-state index in [0.29, 0.717) is 13.0 Å². The average molecular weight is 718 g/mol. The van der Waals surface area contributed by atoms with E-state index in [1.54, 1.807) is 23.8 Å². The van der Waals surface area contributed by atoms with E-state index < -0.39 is 48.4 Å². The van der Waals surface area contributed by atoms with Crippen molar-refractivity contribution in [3.8, 4) is 0 Å². The van der Waals surface area contributed by atoms with Crippen molar-refractivity contribution in [1.82, 2.24) is 25.3 Å². The molecular formula is C39H67N5O7. The molecule has 1 fully saturated rings.